The van der Waals surface area contributed by atoms with Crippen molar-refractivity contribution >= 4 is 11.8 Å². The third-order valence-electron chi connectivity index (χ3n) is 5.21. The van der Waals surface area contributed by atoms with Crippen molar-refractivity contribution in [1.29, 1.82) is 0 Å². The lowest BCUT2D eigenvalue weighted by atomic mass is 10.0. The molecule has 0 aliphatic carbocycles. The van der Waals surface area contributed by atoms with E-state index in [0.717, 1.165) is 36.1 Å². The largest absolute Gasteiger partial charge is 0.494 e. The van der Waals surface area contributed by atoms with Crippen LogP contribution in [0.25, 0.3) is 0 Å². The lowest BCUT2D eigenvalue weighted by Gasteiger charge is -2.33. The molecule has 2 aromatic carbocycles. The Labute approximate surface area is 173 Å². The van der Waals surface area contributed by atoms with Crippen molar-refractivity contribution in [2.45, 2.75) is 45.6 Å². The molecule has 0 spiro atoms. The first-order valence-electron chi connectivity index (χ1n) is 10.4. The van der Waals surface area contributed by atoms with E-state index in [2.05, 4.69) is 17.4 Å². The minimum absolute atomic E-state index is 0.0311. The van der Waals surface area contributed by atoms with Gasteiger partial charge in [0.25, 0.3) is 0 Å². The van der Waals surface area contributed by atoms with Crippen molar-refractivity contribution < 1.29 is 14.3 Å². The number of amides is 2. The van der Waals surface area contributed by atoms with Gasteiger partial charge in [0.05, 0.1) is 19.2 Å². The van der Waals surface area contributed by atoms with E-state index >= 15 is 0 Å². The molecule has 5 nitrogen and oxygen atoms in total. The van der Waals surface area contributed by atoms with Crippen LogP contribution in [0.2, 0.25) is 0 Å². The van der Waals surface area contributed by atoms with Gasteiger partial charge in [0.1, 0.15) is 5.75 Å². The van der Waals surface area contributed by atoms with Crippen LogP contribution in [0.4, 0.5) is 0 Å². The van der Waals surface area contributed by atoms with E-state index in [0.29, 0.717) is 19.6 Å². The van der Waals surface area contributed by atoms with Crippen molar-refractivity contribution in [2.24, 2.45) is 0 Å². The Kier molecular flexibility index (Phi) is 7.28. The number of carbonyl (C=O) groups excluding carboxylic acids is 2. The highest BCUT2D eigenvalue weighted by Crippen LogP contribution is 2.20. The quantitative estimate of drug-likeness (QED) is 0.747. The molecule has 29 heavy (non-hydrogen) atoms. The summed E-state index contributed by atoms with van der Waals surface area (Å²) in [5.74, 6) is 0.893. The van der Waals surface area contributed by atoms with Crippen molar-refractivity contribution in [3.05, 3.63) is 65.2 Å². The number of ether oxygens (including phenoxy) is 1. The van der Waals surface area contributed by atoms with Crippen LogP contribution in [0, 0.1) is 6.92 Å². The highest BCUT2D eigenvalue weighted by molar-refractivity contribution is 5.86. The van der Waals surface area contributed by atoms with Crippen LogP contribution in [0.15, 0.2) is 48.5 Å². The van der Waals surface area contributed by atoms with Gasteiger partial charge in [-0.1, -0.05) is 42.5 Å². The van der Waals surface area contributed by atoms with Gasteiger partial charge in [0, 0.05) is 13.0 Å². The van der Waals surface area contributed by atoms with Crippen molar-refractivity contribution in [1.82, 2.24) is 10.2 Å². The maximum Gasteiger partial charge on any atom is 0.239 e. The Bertz CT molecular complexity index is 835. The number of hydrogen-bond acceptors (Lipinski definition) is 3. The van der Waals surface area contributed by atoms with Gasteiger partial charge in [-0.3, -0.25) is 9.59 Å². The van der Waals surface area contributed by atoms with Gasteiger partial charge in [-0.15, -0.1) is 0 Å². The number of nitrogens with one attached hydrogen (secondary N) is 1. The summed E-state index contributed by atoms with van der Waals surface area (Å²) in [7, 11) is 0. The van der Waals surface area contributed by atoms with E-state index in [1.165, 1.54) is 5.56 Å². The minimum atomic E-state index is -0.0762. The zero-order chi connectivity index (χ0) is 20.6. The van der Waals surface area contributed by atoms with Gasteiger partial charge in [0.15, 0.2) is 0 Å². The number of aryl methyl sites for hydroxylation is 2. The topological polar surface area (TPSA) is 58.6 Å². The molecule has 1 atom stereocenters. The Morgan fingerprint density at radius 3 is 2.69 bits per heavy atom. The molecule has 0 unspecified atom stereocenters. The summed E-state index contributed by atoms with van der Waals surface area (Å²) in [4.78, 5) is 26.4. The lowest BCUT2D eigenvalue weighted by Crippen LogP contribution is -2.56. The predicted octanol–water partition coefficient (Wildman–Crippen LogP) is 3.29. The van der Waals surface area contributed by atoms with Gasteiger partial charge in [-0.2, -0.15) is 0 Å². The molecular weight excluding hydrogens is 364 g/mol. The van der Waals surface area contributed by atoms with Gasteiger partial charge in [-0.05, 0) is 55.9 Å². The SMILES string of the molecule is CCOc1ccc(CCCC(=O)N2CC(=O)N[C@@H](Cc3ccccc3)C2)cc1C. The Morgan fingerprint density at radius 1 is 1.17 bits per heavy atom. The molecule has 0 saturated carbocycles. The zero-order valence-corrected chi connectivity index (χ0v) is 17.3. The maximum absolute atomic E-state index is 12.7. The molecule has 2 amide bonds. The second-order valence-corrected chi connectivity index (χ2v) is 7.61. The maximum atomic E-state index is 12.7. The van der Waals surface area contributed by atoms with E-state index in [1.54, 1.807) is 4.90 Å². The normalized spacial score (nSPS) is 16.4. The summed E-state index contributed by atoms with van der Waals surface area (Å²) in [6.45, 7) is 5.40. The number of nitrogens with zero attached hydrogens (tertiary/aromatic N) is 1. The third-order valence-corrected chi connectivity index (χ3v) is 5.21. The molecule has 3 rings (SSSR count). The summed E-state index contributed by atoms with van der Waals surface area (Å²) in [5.41, 5.74) is 3.49. The van der Waals surface area contributed by atoms with Crippen LogP contribution in [-0.4, -0.2) is 42.5 Å². The average Bonchev–Trinajstić information content (AvgIpc) is 2.70. The fourth-order valence-corrected chi connectivity index (χ4v) is 3.81. The van der Waals surface area contributed by atoms with Crippen molar-refractivity contribution in [3.8, 4) is 5.75 Å². The molecule has 154 valence electrons. The summed E-state index contributed by atoms with van der Waals surface area (Å²) in [6.07, 6.45) is 2.81. The molecule has 1 aliphatic heterocycles. The molecule has 1 heterocycles. The second kappa shape index (κ2) is 10.1. The monoisotopic (exact) mass is 394 g/mol. The smallest absolute Gasteiger partial charge is 0.239 e. The zero-order valence-electron chi connectivity index (χ0n) is 17.3. The molecule has 0 aromatic heterocycles. The standard InChI is InChI=1S/C24H30N2O3/c1-3-29-22-13-12-20(14-18(22)2)10-7-11-24(28)26-16-21(25-23(27)17-26)15-19-8-5-4-6-9-19/h4-6,8-9,12-14,21H,3,7,10-11,15-17H2,1-2H3,(H,25,27)/t21-/m0/s1. The number of carbonyl (C=O) groups is 2. The molecular formula is C24H30N2O3. The van der Waals surface area contributed by atoms with E-state index < -0.39 is 0 Å². The van der Waals surface area contributed by atoms with Crippen LogP contribution in [-0.2, 0) is 22.4 Å². The Hall–Kier alpha value is -2.82. The summed E-state index contributed by atoms with van der Waals surface area (Å²) in [6, 6.07) is 16.2. The highest BCUT2D eigenvalue weighted by Gasteiger charge is 2.27. The molecule has 5 heteroatoms. The first-order chi connectivity index (χ1) is 14.0. The molecule has 2 aromatic rings. The predicted molar refractivity (Wildman–Crippen MR) is 114 cm³/mol. The van der Waals surface area contributed by atoms with Crippen LogP contribution in [0.1, 0.15) is 36.5 Å². The van der Waals surface area contributed by atoms with E-state index in [4.69, 9.17) is 4.74 Å². The Balaban J connectivity index is 1.49. The van der Waals surface area contributed by atoms with Gasteiger partial charge in [0.2, 0.25) is 11.8 Å². The summed E-state index contributed by atoms with van der Waals surface area (Å²) < 4.78 is 5.58. The minimum Gasteiger partial charge on any atom is -0.494 e. The van der Waals surface area contributed by atoms with Crippen LogP contribution >= 0.6 is 0 Å². The third kappa shape index (κ3) is 6.08. The number of rotatable bonds is 8. The van der Waals surface area contributed by atoms with Crippen molar-refractivity contribution in [2.75, 3.05) is 19.7 Å². The van der Waals surface area contributed by atoms with Gasteiger partial charge < -0.3 is 15.0 Å². The van der Waals surface area contributed by atoms with Crippen LogP contribution in [0.3, 0.4) is 0 Å². The molecule has 0 bridgehead atoms. The first-order valence-corrected chi connectivity index (χ1v) is 10.4. The number of hydrogen-bond donors (Lipinski definition) is 1. The average molecular weight is 395 g/mol. The van der Waals surface area contributed by atoms with Crippen LogP contribution < -0.4 is 10.1 Å². The first kappa shape index (κ1) is 20.9. The second-order valence-electron chi connectivity index (χ2n) is 7.61. The molecule has 1 aliphatic rings. The van der Waals surface area contributed by atoms with E-state index in [9.17, 15) is 9.59 Å². The molecule has 1 fully saturated rings. The Morgan fingerprint density at radius 2 is 1.97 bits per heavy atom. The summed E-state index contributed by atoms with van der Waals surface area (Å²) in [5, 5.41) is 3.01. The highest BCUT2D eigenvalue weighted by atomic mass is 16.5. The lowest BCUT2D eigenvalue weighted by molar-refractivity contribution is -0.139. The fourth-order valence-electron chi connectivity index (χ4n) is 3.81. The van der Waals surface area contributed by atoms with Crippen molar-refractivity contribution in [3.63, 3.8) is 0 Å². The molecule has 0 radical (unpaired) electrons. The molecule has 1 saturated heterocycles. The van der Waals surface area contributed by atoms with Gasteiger partial charge in [-0.25, -0.2) is 0 Å². The fraction of sp³-hybridized carbons (Fsp3) is 0.417. The van der Waals surface area contributed by atoms with Crippen LogP contribution in [0.5, 0.6) is 5.75 Å². The number of benzene rings is 2. The van der Waals surface area contributed by atoms with Gasteiger partial charge >= 0.3 is 0 Å². The number of piperazine rings is 1. The van der Waals surface area contributed by atoms with E-state index in [-0.39, 0.29) is 24.4 Å². The van der Waals surface area contributed by atoms with E-state index in [1.807, 2.05) is 50.2 Å². The summed E-state index contributed by atoms with van der Waals surface area (Å²) >= 11 is 0. The molecule has 1 N–H and O–H groups in total.